The molecule has 0 spiro atoms. The first-order valence-electron chi connectivity index (χ1n) is 3.25. The molecule has 1 N–H and O–H groups in total. The molecule has 1 nitrogen and oxygen atoms in total. The lowest BCUT2D eigenvalue weighted by Crippen LogP contribution is -2.04. The van der Waals surface area contributed by atoms with Gasteiger partial charge in [0.2, 0.25) is 0 Å². The molecule has 0 saturated carbocycles. The number of halogens is 1. The second kappa shape index (κ2) is 3.93. The first-order chi connectivity index (χ1) is 4.84. The molecule has 0 bridgehead atoms. The molecule has 0 aliphatic carbocycles. The number of hydrogen-bond acceptors (Lipinski definition) is 1. The molecule has 0 saturated heterocycles. The van der Waals surface area contributed by atoms with Crippen molar-refractivity contribution in [3.05, 3.63) is 35.9 Å². The zero-order valence-electron chi connectivity index (χ0n) is 5.84. The van der Waals surface area contributed by atoms with Crippen LogP contribution in [0.25, 0.3) is 0 Å². The third-order valence-corrected chi connectivity index (χ3v) is 2.40. The van der Waals surface area contributed by atoms with E-state index in [9.17, 15) is 0 Å². The van der Waals surface area contributed by atoms with Crippen LogP contribution in [0.5, 0.6) is 0 Å². The first-order valence-corrected chi connectivity index (χ1v) is 4.33. The van der Waals surface area contributed by atoms with E-state index in [1.807, 2.05) is 6.07 Å². The Morgan fingerprint density at radius 2 is 1.90 bits per heavy atom. The zero-order chi connectivity index (χ0) is 7.40. The largest absolute Gasteiger partial charge is 0.254 e. The summed E-state index contributed by atoms with van der Waals surface area (Å²) < 4.78 is 3.15. The summed E-state index contributed by atoms with van der Waals surface area (Å²) in [4.78, 5) is 0. The summed E-state index contributed by atoms with van der Waals surface area (Å²) in [6, 6.07) is 10.8. The number of hydrogen-bond donors (Lipinski definition) is 1. The second-order valence-corrected chi connectivity index (χ2v) is 2.86. The fraction of sp³-hybridized carbons (Fsp3) is 0.250. The Balaban J connectivity index is 2.75. The van der Waals surface area contributed by atoms with Crippen molar-refractivity contribution in [1.82, 2.24) is 3.53 Å². The second-order valence-electron chi connectivity index (χ2n) is 2.24. The maximum Gasteiger partial charge on any atom is 0.0384 e. The minimum absolute atomic E-state index is 0.446. The van der Waals surface area contributed by atoms with E-state index in [4.69, 9.17) is 0 Å². The predicted molar refractivity (Wildman–Crippen MR) is 52.0 cm³/mol. The van der Waals surface area contributed by atoms with Crippen LogP contribution in [0.15, 0.2) is 30.3 Å². The summed E-state index contributed by atoms with van der Waals surface area (Å²) in [5.74, 6) is 0. The Bertz CT molecular complexity index is 186. The third-order valence-electron chi connectivity index (χ3n) is 1.46. The molecule has 1 aromatic rings. The third kappa shape index (κ3) is 1.95. The van der Waals surface area contributed by atoms with Crippen molar-refractivity contribution in [1.29, 1.82) is 0 Å². The van der Waals surface area contributed by atoms with Crippen LogP contribution in [-0.4, -0.2) is 0 Å². The topological polar surface area (TPSA) is 12.0 Å². The van der Waals surface area contributed by atoms with Crippen LogP contribution >= 0.6 is 22.9 Å². The van der Waals surface area contributed by atoms with Crippen LogP contribution in [0, 0.1) is 0 Å². The quantitative estimate of drug-likeness (QED) is 0.625. The van der Waals surface area contributed by atoms with E-state index in [-0.39, 0.29) is 0 Å². The molecule has 0 heterocycles. The monoisotopic (exact) mass is 247 g/mol. The van der Waals surface area contributed by atoms with E-state index < -0.39 is 0 Å². The molecular formula is C8H10IN. The summed E-state index contributed by atoms with van der Waals surface area (Å²) >= 11 is 2.17. The molecule has 1 rings (SSSR count). The highest BCUT2D eigenvalue weighted by atomic mass is 127. The molecule has 0 aliphatic heterocycles. The molecule has 0 unspecified atom stereocenters. The summed E-state index contributed by atoms with van der Waals surface area (Å²) in [5, 5.41) is 0. The van der Waals surface area contributed by atoms with Gasteiger partial charge in [0, 0.05) is 28.9 Å². The highest BCUT2D eigenvalue weighted by Gasteiger charge is 1.98. The average Bonchev–Trinajstić information content (AvgIpc) is 2.05. The van der Waals surface area contributed by atoms with Gasteiger partial charge in [0.1, 0.15) is 0 Å². The first kappa shape index (κ1) is 8.01. The van der Waals surface area contributed by atoms with E-state index in [1.54, 1.807) is 0 Å². The van der Waals surface area contributed by atoms with Crippen molar-refractivity contribution in [2.75, 3.05) is 0 Å². The smallest absolute Gasteiger partial charge is 0.0384 e. The lowest BCUT2D eigenvalue weighted by molar-refractivity contribution is 0.778. The van der Waals surface area contributed by atoms with Gasteiger partial charge in [-0.2, -0.15) is 0 Å². The Morgan fingerprint density at radius 3 is 2.40 bits per heavy atom. The Morgan fingerprint density at radius 1 is 1.30 bits per heavy atom. The lowest BCUT2D eigenvalue weighted by Gasteiger charge is -2.07. The molecule has 2 heteroatoms. The number of nitrogens with one attached hydrogen (secondary N) is 1. The van der Waals surface area contributed by atoms with E-state index in [0.717, 1.165) is 0 Å². The molecular weight excluding hydrogens is 237 g/mol. The van der Waals surface area contributed by atoms with Gasteiger partial charge in [0.25, 0.3) is 0 Å². The number of rotatable bonds is 2. The van der Waals surface area contributed by atoms with Gasteiger partial charge in [0.15, 0.2) is 0 Å². The van der Waals surface area contributed by atoms with Crippen LogP contribution in [0.4, 0.5) is 0 Å². The molecule has 0 aromatic heterocycles. The van der Waals surface area contributed by atoms with Gasteiger partial charge in [-0.05, 0) is 12.5 Å². The minimum Gasteiger partial charge on any atom is -0.254 e. The summed E-state index contributed by atoms with van der Waals surface area (Å²) in [6.45, 7) is 2.14. The molecule has 0 aliphatic rings. The van der Waals surface area contributed by atoms with Crippen molar-refractivity contribution in [3.8, 4) is 0 Å². The Hall–Kier alpha value is -0.0900. The minimum atomic E-state index is 0.446. The molecule has 1 aromatic carbocycles. The summed E-state index contributed by atoms with van der Waals surface area (Å²) in [5.41, 5.74) is 1.33. The predicted octanol–water partition coefficient (Wildman–Crippen LogP) is 2.69. The van der Waals surface area contributed by atoms with Crippen LogP contribution in [0.2, 0.25) is 0 Å². The fourth-order valence-electron chi connectivity index (χ4n) is 0.805. The fourth-order valence-corrected chi connectivity index (χ4v) is 1.16. The molecule has 0 radical (unpaired) electrons. The van der Waals surface area contributed by atoms with Crippen molar-refractivity contribution < 1.29 is 0 Å². The maximum absolute atomic E-state index is 3.15. The van der Waals surface area contributed by atoms with E-state index in [1.165, 1.54) is 5.56 Å². The molecule has 0 amide bonds. The number of benzene rings is 1. The van der Waals surface area contributed by atoms with Gasteiger partial charge < -0.3 is 0 Å². The van der Waals surface area contributed by atoms with Crippen LogP contribution in [-0.2, 0) is 0 Å². The normalized spacial score (nSPS) is 13.0. The highest BCUT2D eigenvalue weighted by Crippen LogP contribution is 2.11. The molecule has 54 valence electrons. The zero-order valence-corrected chi connectivity index (χ0v) is 8.00. The Kier molecular flexibility index (Phi) is 3.15. The SMILES string of the molecule is C[C@H](NI)c1ccccc1. The van der Waals surface area contributed by atoms with Gasteiger partial charge in [-0.15, -0.1) is 0 Å². The van der Waals surface area contributed by atoms with E-state index in [2.05, 4.69) is 57.6 Å². The van der Waals surface area contributed by atoms with Gasteiger partial charge in [-0.25, -0.2) is 0 Å². The van der Waals surface area contributed by atoms with Gasteiger partial charge >= 0.3 is 0 Å². The molecule has 1 atom stereocenters. The summed E-state index contributed by atoms with van der Waals surface area (Å²) in [6.07, 6.45) is 0. The van der Waals surface area contributed by atoms with Crippen molar-refractivity contribution in [2.45, 2.75) is 13.0 Å². The van der Waals surface area contributed by atoms with E-state index in [0.29, 0.717) is 6.04 Å². The van der Waals surface area contributed by atoms with Crippen molar-refractivity contribution >= 4 is 22.9 Å². The average molecular weight is 247 g/mol. The summed E-state index contributed by atoms with van der Waals surface area (Å²) in [7, 11) is 0. The van der Waals surface area contributed by atoms with Crippen LogP contribution in [0.3, 0.4) is 0 Å². The molecule has 10 heavy (non-hydrogen) atoms. The lowest BCUT2D eigenvalue weighted by atomic mass is 10.1. The molecule has 0 fully saturated rings. The maximum atomic E-state index is 3.15. The Labute approximate surface area is 75.3 Å². The highest BCUT2D eigenvalue weighted by molar-refractivity contribution is 14.1. The van der Waals surface area contributed by atoms with Crippen molar-refractivity contribution in [2.24, 2.45) is 0 Å². The van der Waals surface area contributed by atoms with Crippen LogP contribution in [0.1, 0.15) is 18.5 Å². The van der Waals surface area contributed by atoms with Gasteiger partial charge in [0.05, 0.1) is 0 Å². The van der Waals surface area contributed by atoms with Gasteiger partial charge in [-0.1, -0.05) is 30.3 Å². The van der Waals surface area contributed by atoms with Crippen LogP contribution < -0.4 is 3.53 Å². The van der Waals surface area contributed by atoms with E-state index >= 15 is 0 Å². The standard InChI is InChI=1S/C8H10IN/c1-7(10-9)8-5-3-2-4-6-8/h2-7,10H,1H3/t7-/m0/s1. The van der Waals surface area contributed by atoms with Gasteiger partial charge in [-0.3, -0.25) is 3.53 Å². The van der Waals surface area contributed by atoms with Crippen molar-refractivity contribution in [3.63, 3.8) is 0 Å².